The van der Waals surface area contributed by atoms with Gasteiger partial charge in [-0.05, 0) is 49.4 Å². The second-order valence-electron chi connectivity index (χ2n) is 6.07. The Morgan fingerprint density at radius 3 is 2.44 bits per heavy atom. The SMILES string of the molecule is COc1ccc(C(=O)Nc2ccc(C)cc2)cc1COc1ccccc1Cl. The minimum atomic E-state index is -0.194. The van der Waals surface area contributed by atoms with Crippen LogP contribution in [0.15, 0.2) is 66.7 Å². The lowest BCUT2D eigenvalue weighted by Gasteiger charge is -2.13. The molecular formula is C22H20ClNO3. The number of methoxy groups -OCH3 is 1. The molecule has 3 aromatic rings. The van der Waals surface area contributed by atoms with Crippen LogP contribution in [0, 0.1) is 6.92 Å². The van der Waals surface area contributed by atoms with Crippen molar-refractivity contribution in [3.05, 3.63) is 88.4 Å². The summed E-state index contributed by atoms with van der Waals surface area (Å²) >= 11 is 6.13. The van der Waals surface area contributed by atoms with Crippen molar-refractivity contribution in [1.29, 1.82) is 0 Å². The maximum atomic E-state index is 12.6. The number of para-hydroxylation sites is 1. The number of hydrogen-bond acceptors (Lipinski definition) is 3. The minimum Gasteiger partial charge on any atom is -0.496 e. The number of carbonyl (C=O) groups is 1. The fourth-order valence-corrected chi connectivity index (χ4v) is 2.78. The van der Waals surface area contributed by atoms with Gasteiger partial charge in [0.1, 0.15) is 18.1 Å². The van der Waals surface area contributed by atoms with E-state index >= 15 is 0 Å². The molecule has 0 aliphatic carbocycles. The lowest BCUT2D eigenvalue weighted by Crippen LogP contribution is -2.12. The second kappa shape index (κ2) is 8.60. The van der Waals surface area contributed by atoms with Crippen molar-refractivity contribution in [3.8, 4) is 11.5 Å². The van der Waals surface area contributed by atoms with Crippen LogP contribution in [-0.2, 0) is 6.61 Å². The van der Waals surface area contributed by atoms with Crippen LogP contribution in [0.3, 0.4) is 0 Å². The summed E-state index contributed by atoms with van der Waals surface area (Å²) in [7, 11) is 1.58. The van der Waals surface area contributed by atoms with Crippen molar-refractivity contribution in [2.45, 2.75) is 13.5 Å². The molecule has 3 rings (SSSR count). The Hall–Kier alpha value is -2.98. The molecule has 0 radical (unpaired) electrons. The number of carbonyl (C=O) groups excluding carboxylic acids is 1. The zero-order valence-corrected chi connectivity index (χ0v) is 15.9. The molecule has 0 aliphatic heterocycles. The van der Waals surface area contributed by atoms with Crippen molar-refractivity contribution in [2.75, 3.05) is 12.4 Å². The number of aryl methyl sites for hydroxylation is 1. The molecule has 0 unspecified atom stereocenters. The topological polar surface area (TPSA) is 47.6 Å². The van der Waals surface area contributed by atoms with Crippen LogP contribution in [0.25, 0.3) is 0 Å². The van der Waals surface area contributed by atoms with Gasteiger partial charge < -0.3 is 14.8 Å². The van der Waals surface area contributed by atoms with Crippen molar-refractivity contribution in [2.24, 2.45) is 0 Å². The zero-order chi connectivity index (χ0) is 19.2. The van der Waals surface area contributed by atoms with Crippen LogP contribution in [0.2, 0.25) is 5.02 Å². The van der Waals surface area contributed by atoms with E-state index in [2.05, 4.69) is 5.32 Å². The smallest absolute Gasteiger partial charge is 0.255 e. The Kier molecular flexibility index (Phi) is 5.99. The van der Waals surface area contributed by atoms with Crippen molar-refractivity contribution in [3.63, 3.8) is 0 Å². The summed E-state index contributed by atoms with van der Waals surface area (Å²) in [5.74, 6) is 1.03. The Labute approximate surface area is 163 Å². The van der Waals surface area contributed by atoms with Crippen molar-refractivity contribution < 1.29 is 14.3 Å². The van der Waals surface area contributed by atoms with E-state index in [1.54, 1.807) is 37.4 Å². The first-order valence-electron chi connectivity index (χ1n) is 8.49. The van der Waals surface area contributed by atoms with Gasteiger partial charge in [-0.1, -0.05) is 41.4 Å². The zero-order valence-electron chi connectivity index (χ0n) is 15.2. The molecule has 1 amide bonds. The van der Waals surface area contributed by atoms with Gasteiger partial charge in [-0.3, -0.25) is 4.79 Å². The van der Waals surface area contributed by atoms with Gasteiger partial charge in [-0.15, -0.1) is 0 Å². The van der Waals surface area contributed by atoms with E-state index in [9.17, 15) is 4.79 Å². The molecule has 0 aliphatic rings. The van der Waals surface area contributed by atoms with E-state index < -0.39 is 0 Å². The standard InChI is InChI=1S/C22H20ClNO3/c1-15-7-10-18(11-8-15)24-22(25)16-9-12-20(26-2)17(13-16)14-27-21-6-4-3-5-19(21)23/h3-13H,14H2,1-2H3,(H,24,25). The fraction of sp³-hybridized carbons (Fsp3) is 0.136. The summed E-state index contributed by atoms with van der Waals surface area (Å²) in [4.78, 5) is 12.6. The Bertz CT molecular complexity index is 939. The highest BCUT2D eigenvalue weighted by molar-refractivity contribution is 6.32. The van der Waals surface area contributed by atoms with Crippen LogP contribution in [0.5, 0.6) is 11.5 Å². The third kappa shape index (κ3) is 4.80. The van der Waals surface area contributed by atoms with Gasteiger partial charge in [-0.2, -0.15) is 0 Å². The summed E-state index contributed by atoms with van der Waals surface area (Å²) in [6.45, 7) is 2.24. The Morgan fingerprint density at radius 1 is 1.00 bits per heavy atom. The molecule has 5 heteroatoms. The summed E-state index contributed by atoms with van der Waals surface area (Å²) < 4.78 is 11.2. The molecule has 0 spiro atoms. The van der Waals surface area contributed by atoms with Crippen LogP contribution < -0.4 is 14.8 Å². The van der Waals surface area contributed by atoms with E-state index in [4.69, 9.17) is 21.1 Å². The number of anilines is 1. The summed E-state index contributed by atoms with van der Waals surface area (Å²) in [6, 6.07) is 20.1. The van der Waals surface area contributed by atoms with Crippen LogP contribution in [0.4, 0.5) is 5.69 Å². The molecule has 0 saturated heterocycles. The highest BCUT2D eigenvalue weighted by Crippen LogP contribution is 2.27. The van der Waals surface area contributed by atoms with Gasteiger partial charge in [0.05, 0.1) is 12.1 Å². The number of hydrogen-bond donors (Lipinski definition) is 1. The lowest BCUT2D eigenvalue weighted by molar-refractivity contribution is 0.102. The maximum Gasteiger partial charge on any atom is 0.255 e. The first-order chi connectivity index (χ1) is 13.1. The largest absolute Gasteiger partial charge is 0.496 e. The van der Waals surface area contributed by atoms with Crippen LogP contribution in [0.1, 0.15) is 21.5 Å². The molecular weight excluding hydrogens is 362 g/mol. The van der Waals surface area contributed by atoms with Gasteiger partial charge in [-0.25, -0.2) is 0 Å². The first-order valence-corrected chi connectivity index (χ1v) is 8.87. The molecule has 4 nitrogen and oxygen atoms in total. The minimum absolute atomic E-state index is 0.194. The molecule has 0 bridgehead atoms. The molecule has 0 atom stereocenters. The van der Waals surface area contributed by atoms with E-state index in [1.165, 1.54) is 0 Å². The van der Waals surface area contributed by atoms with Gasteiger partial charge in [0.25, 0.3) is 5.91 Å². The third-order valence-corrected chi connectivity index (χ3v) is 4.38. The quantitative estimate of drug-likeness (QED) is 0.614. The molecule has 0 heterocycles. The van der Waals surface area contributed by atoms with E-state index in [1.807, 2.05) is 43.3 Å². The number of benzene rings is 3. The molecule has 0 saturated carbocycles. The van der Waals surface area contributed by atoms with E-state index in [0.717, 1.165) is 16.8 Å². The van der Waals surface area contributed by atoms with Gasteiger partial charge in [0.15, 0.2) is 0 Å². The summed E-state index contributed by atoms with van der Waals surface area (Å²) in [6.07, 6.45) is 0. The number of ether oxygens (including phenoxy) is 2. The van der Waals surface area contributed by atoms with Gasteiger partial charge >= 0.3 is 0 Å². The number of nitrogens with one attached hydrogen (secondary N) is 1. The Balaban J connectivity index is 1.77. The molecule has 27 heavy (non-hydrogen) atoms. The Morgan fingerprint density at radius 2 is 1.74 bits per heavy atom. The number of rotatable bonds is 6. The average molecular weight is 382 g/mol. The van der Waals surface area contributed by atoms with Crippen LogP contribution >= 0.6 is 11.6 Å². The fourth-order valence-electron chi connectivity index (χ4n) is 2.59. The first kappa shape index (κ1) is 18.8. The number of halogens is 1. The predicted molar refractivity (Wildman–Crippen MR) is 108 cm³/mol. The molecule has 0 fully saturated rings. The molecule has 138 valence electrons. The molecule has 0 aromatic heterocycles. The maximum absolute atomic E-state index is 12.6. The van der Waals surface area contributed by atoms with E-state index in [-0.39, 0.29) is 12.5 Å². The number of amides is 1. The summed E-state index contributed by atoms with van der Waals surface area (Å²) in [5.41, 5.74) is 3.16. The molecule has 1 N–H and O–H groups in total. The highest BCUT2D eigenvalue weighted by Gasteiger charge is 2.12. The lowest BCUT2D eigenvalue weighted by atomic mass is 10.1. The highest BCUT2D eigenvalue weighted by atomic mass is 35.5. The second-order valence-corrected chi connectivity index (χ2v) is 6.47. The van der Waals surface area contributed by atoms with Gasteiger partial charge in [0, 0.05) is 16.8 Å². The summed E-state index contributed by atoms with van der Waals surface area (Å²) in [5, 5.41) is 3.42. The van der Waals surface area contributed by atoms with Crippen molar-refractivity contribution >= 4 is 23.2 Å². The monoisotopic (exact) mass is 381 g/mol. The normalized spacial score (nSPS) is 10.3. The van der Waals surface area contributed by atoms with Crippen molar-refractivity contribution in [1.82, 2.24) is 0 Å². The van der Waals surface area contributed by atoms with Crippen LogP contribution in [-0.4, -0.2) is 13.0 Å². The third-order valence-electron chi connectivity index (χ3n) is 4.07. The predicted octanol–water partition coefficient (Wildman–Crippen LogP) is 5.49. The average Bonchev–Trinajstić information content (AvgIpc) is 2.69. The molecule has 3 aromatic carbocycles. The van der Waals surface area contributed by atoms with E-state index in [0.29, 0.717) is 22.1 Å². The van der Waals surface area contributed by atoms with Gasteiger partial charge in [0.2, 0.25) is 0 Å².